The SMILES string of the molecule is Cc1cc(C(C)O)c2c(N)c(C(=O)O)sc2n1. The van der Waals surface area contributed by atoms with Crippen molar-refractivity contribution in [2.45, 2.75) is 20.0 Å². The molecule has 2 aromatic heterocycles. The van der Waals surface area contributed by atoms with Gasteiger partial charge in [0.2, 0.25) is 0 Å². The van der Waals surface area contributed by atoms with Crippen LogP contribution in [-0.4, -0.2) is 21.2 Å². The number of aliphatic hydroxyl groups is 1. The van der Waals surface area contributed by atoms with Crippen molar-refractivity contribution in [2.75, 3.05) is 5.73 Å². The van der Waals surface area contributed by atoms with Gasteiger partial charge in [-0.05, 0) is 25.5 Å². The largest absolute Gasteiger partial charge is 0.477 e. The maximum absolute atomic E-state index is 11.0. The Morgan fingerprint density at radius 2 is 2.24 bits per heavy atom. The molecule has 0 aliphatic rings. The smallest absolute Gasteiger partial charge is 0.348 e. The molecule has 0 saturated heterocycles. The lowest BCUT2D eigenvalue weighted by Gasteiger charge is -2.08. The first-order valence-electron chi connectivity index (χ1n) is 5.02. The maximum atomic E-state index is 11.0. The van der Waals surface area contributed by atoms with E-state index in [-0.39, 0.29) is 10.6 Å². The second-order valence-electron chi connectivity index (χ2n) is 3.86. The molecule has 0 fully saturated rings. The summed E-state index contributed by atoms with van der Waals surface area (Å²) in [6.07, 6.45) is -0.710. The van der Waals surface area contributed by atoms with Crippen LogP contribution in [0.5, 0.6) is 0 Å². The van der Waals surface area contributed by atoms with Crippen molar-refractivity contribution in [2.24, 2.45) is 0 Å². The zero-order valence-corrected chi connectivity index (χ0v) is 10.2. The average molecular weight is 252 g/mol. The summed E-state index contributed by atoms with van der Waals surface area (Å²) in [5.74, 6) is -1.07. The molecule has 0 amide bonds. The summed E-state index contributed by atoms with van der Waals surface area (Å²) in [6.45, 7) is 3.41. The highest BCUT2D eigenvalue weighted by Crippen LogP contribution is 2.37. The summed E-state index contributed by atoms with van der Waals surface area (Å²) < 4.78 is 0. The minimum Gasteiger partial charge on any atom is -0.477 e. The fourth-order valence-electron chi connectivity index (χ4n) is 1.77. The van der Waals surface area contributed by atoms with Crippen molar-refractivity contribution >= 4 is 33.2 Å². The number of aromatic nitrogens is 1. The zero-order valence-electron chi connectivity index (χ0n) is 9.39. The van der Waals surface area contributed by atoms with Gasteiger partial charge in [0.25, 0.3) is 0 Å². The molecule has 0 bridgehead atoms. The van der Waals surface area contributed by atoms with Crippen LogP contribution in [0.25, 0.3) is 10.2 Å². The topological polar surface area (TPSA) is 96.4 Å². The summed E-state index contributed by atoms with van der Waals surface area (Å²) in [5.41, 5.74) is 7.34. The lowest BCUT2D eigenvalue weighted by molar-refractivity contribution is 0.0703. The van der Waals surface area contributed by atoms with Gasteiger partial charge in [0.1, 0.15) is 9.71 Å². The predicted molar refractivity (Wildman–Crippen MR) is 66.4 cm³/mol. The molecule has 0 aromatic carbocycles. The number of aryl methyl sites for hydroxylation is 1. The maximum Gasteiger partial charge on any atom is 0.348 e. The molecular formula is C11H12N2O3S. The molecule has 2 rings (SSSR count). The lowest BCUT2D eigenvalue weighted by Crippen LogP contribution is -2.00. The standard InChI is InChI=1S/C11H12N2O3S/c1-4-3-6(5(2)14)7-8(12)9(11(15)16)17-10(7)13-4/h3,5,14H,12H2,1-2H3,(H,15,16). The highest BCUT2D eigenvalue weighted by Gasteiger charge is 2.20. The van der Waals surface area contributed by atoms with Crippen LogP contribution in [0.1, 0.15) is 34.0 Å². The van der Waals surface area contributed by atoms with Gasteiger partial charge in [-0.3, -0.25) is 0 Å². The normalized spacial score (nSPS) is 12.9. The van der Waals surface area contributed by atoms with Crippen LogP contribution >= 0.6 is 11.3 Å². The predicted octanol–water partition coefficient (Wildman–Crippen LogP) is 1.94. The summed E-state index contributed by atoms with van der Waals surface area (Å²) in [4.78, 5) is 15.9. The number of thiophene rings is 1. The van der Waals surface area contributed by atoms with E-state index in [9.17, 15) is 9.90 Å². The van der Waals surface area contributed by atoms with E-state index < -0.39 is 12.1 Å². The molecule has 0 spiro atoms. The van der Waals surface area contributed by atoms with Gasteiger partial charge >= 0.3 is 5.97 Å². The average Bonchev–Trinajstić information content (AvgIpc) is 2.54. The number of nitrogens with zero attached hydrogens (tertiary/aromatic N) is 1. The van der Waals surface area contributed by atoms with E-state index in [1.165, 1.54) is 0 Å². The fraction of sp³-hybridized carbons (Fsp3) is 0.273. The molecule has 0 aliphatic carbocycles. The molecule has 1 atom stereocenters. The van der Waals surface area contributed by atoms with Gasteiger partial charge in [-0.15, -0.1) is 11.3 Å². The third-order valence-corrected chi connectivity index (χ3v) is 3.59. The summed E-state index contributed by atoms with van der Waals surface area (Å²) in [6, 6.07) is 1.72. The molecule has 2 heterocycles. The van der Waals surface area contributed by atoms with Crippen molar-refractivity contribution in [3.8, 4) is 0 Å². The summed E-state index contributed by atoms with van der Waals surface area (Å²) in [5, 5.41) is 19.2. The molecule has 0 saturated carbocycles. The van der Waals surface area contributed by atoms with Gasteiger partial charge in [0.15, 0.2) is 0 Å². The van der Waals surface area contributed by atoms with Crippen molar-refractivity contribution in [3.63, 3.8) is 0 Å². The quantitative estimate of drug-likeness (QED) is 0.759. The number of fused-ring (bicyclic) bond motifs is 1. The minimum atomic E-state index is -1.07. The second kappa shape index (κ2) is 3.97. The molecule has 90 valence electrons. The first-order valence-corrected chi connectivity index (χ1v) is 5.84. The van der Waals surface area contributed by atoms with Crippen LogP contribution in [0.3, 0.4) is 0 Å². The van der Waals surface area contributed by atoms with Gasteiger partial charge in [-0.1, -0.05) is 0 Å². The Morgan fingerprint density at radius 1 is 1.59 bits per heavy atom. The van der Waals surface area contributed by atoms with E-state index in [4.69, 9.17) is 10.8 Å². The molecule has 6 heteroatoms. The summed E-state index contributed by atoms with van der Waals surface area (Å²) >= 11 is 1.03. The van der Waals surface area contributed by atoms with Gasteiger partial charge in [-0.25, -0.2) is 9.78 Å². The number of pyridine rings is 1. The Balaban J connectivity index is 2.87. The van der Waals surface area contributed by atoms with Gasteiger partial charge in [0, 0.05) is 11.1 Å². The number of nitrogens with two attached hydrogens (primary N) is 1. The Morgan fingerprint density at radius 3 is 2.76 bits per heavy atom. The van der Waals surface area contributed by atoms with E-state index >= 15 is 0 Å². The second-order valence-corrected chi connectivity index (χ2v) is 4.86. The highest BCUT2D eigenvalue weighted by atomic mass is 32.1. The molecule has 4 N–H and O–H groups in total. The molecular weight excluding hydrogens is 240 g/mol. The van der Waals surface area contributed by atoms with Crippen LogP contribution in [0.15, 0.2) is 6.07 Å². The monoisotopic (exact) mass is 252 g/mol. The molecule has 5 nitrogen and oxygen atoms in total. The highest BCUT2D eigenvalue weighted by molar-refractivity contribution is 7.21. The van der Waals surface area contributed by atoms with Crippen LogP contribution in [0.2, 0.25) is 0 Å². The van der Waals surface area contributed by atoms with Gasteiger partial charge < -0.3 is 15.9 Å². The third-order valence-electron chi connectivity index (χ3n) is 2.50. The molecule has 17 heavy (non-hydrogen) atoms. The van der Waals surface area contributed by atoms with Crippen molar-refractivity contribution < 1.29 is 15.0 Å². The Kier molecular flexibility index (Phi) is 2.76. The van der Waals surface area contributed by atoms with Crippen LogP contribution in [0, 0.1) is 6.92 Å². The van der Waals surface area contributed by atoms with Crippen LogP contribution < -0.4 is 5.73 Å². The van der Waals surface area contributed by atoms with Gasteiger partial charge in [0.05, 0.1) is 11.8 Å². The Hall–Kier alpha value is -1.66. The third kappa shape index (κ3) is 1.85. The number of hydrogen-bond donors (Lipinski definition) is 3. The Labute approximate surface area is 102 Å². The Bertz CT molecular complexity index is 604. The number of carbonyl (C=O) groups is 1. The first kappa shape index (κ1) is 11.8. The number of aromatic carboxylic acids is 1. The van der Waals surface area contributed by atoms with Crippen LogP contribution in [0.4, 0.5) is 5.69 Å². The number of nitrogen functional groups attached to an aromatic ring is 1. The number of carboxylic acid groups (broad SMARTS) is 1. The number of aliphatic hydroxyl groups excluding tert-OH is 1. The van der Waals surface area contributed by atoms with Crippen molar-refractivity contribution in [1.82, 2.24) is 4.98 Å². The number of rotatable bonds is 2. The number of carboxylic acids is 1. The van der Waals surface area contributed by atoms with Gasteiger partial charge in [-0.2, -0.15) is 0 Å². The first-order chi connectivity index (χ1) is 7.91. The summed E-state index contributed by atoms with van der Waals surface area (Å²) in [7, 11) is 0. The van der Waals surface area contributed by atoms with E-state index in [1.807, 2.05) is 0 Å². The molecule has 1 unspecified atom stereocenters. The fourth-order valence-corrected chi connectivity index (χ4v) is 2.78. The van der Waals surface area contributed by atoms with E-state index in [2.05, 4.69) is 4.98 Å². The molecule has 0 aliphatic heterocycles. The zero-order chi connectivity index (χ0) is 12.7. The lowest BCUT2D eigenvalue weighted by atomic mass is 10.1. The molecule has 2 aromatic rings. The number of anilines is 1. The van der Waals surface area contributed by atoms with Crippen molar-refractivity contribution in [3.05, 3.63) is 22.2 Å². The van der Waals surface area contributed by atoms with E-state index in [1.54, 1.807) is 19.9 Å². The van der Waals surface area contributed by atoms with Crippen LogP contribution in [-0.2, 0) is 0 Å². The van der Waals surface area contributed by atoms with Crippen molar-refractivity contribution in [1.29, 1.82) is 0 Å². The molecule has 0 radical (unpaired) electrons. The van der Waals surface area contributed by atoms with E-state index in [0.29, 0.717) is 15.8 Å². The van der Waals surface area contributed by atoms with E-state index in [0.717, 1.165) is 17.0 Å². The number of hydrogen-bond acceptors (Lipinski definition) is 5. The minimum absolute atomic E-state index is 0.0694.